The van der Waals surface area contributed by atoms with Crippen LogP contribution in [0.3, 0.4) is 0 Å². The average Bonchev–Trinajstić information content (AvgIpc) is 2.76. The van der Waals surface area contributed by atoms with Crippen molar-refractivity contribution >= 4 is 44.8 Å². The summed E-state index contributed by atoms with van der Waals surface area (Å²) >= 11 is 7.70. The molecule has 3 rings (SSSR count). The zero-order valence-electron chi connectivity index (χ0n) is 13.0. The van der Waals surface area contributed by atoms with Gasteiger partial charge in [-0.25, -0.2) is 8.42 Å². The van der Waals surface area contributed by atoms with Crippen molar-refractivity contribution in [3.8, 4) is 0 Å². The molecule has 0 radical (unpaired) electrons. The summed E-state index contributed by atoms with van der Waals surface area (Å²) in [5.74, 6) is 0.724. The summed E-state index contributed by atoms with van der Waals surface area (Å²) in [6.45, 7) is 0.597. The lowest BCUT2D eigenvalue weighted by molar-refractivity contribution is 0.0986. The Morgan fingerprint density at radius 1 is 1.21 bits per heavy atom. The van der Waals surface area contributed by atoms with Crippen molar-refractivity contribution in [1.29, 1.82) is 0 Å². The van der Waals surface area contributed by atoms with Gasteiger partial charge in [-0.1, -0.05) is 23.7 Å². The third-order valence-corrected chi connectivity index (χ3v) is 6.49. The molecule has 0 spiro atoms. The van der Waals surface area contributed by atoms with Crippen molar-refractivity contribution in [3.63, 3.8) is 0 Å². The minimum atomic E-state index is -3.49. The van der Waals surface area contributed by atoms with Crippen LogP contribution in [0.2, 0.25) is 5.02 Å². The van der Waals surface area contributed by atoms with Crippen LogP contribution in [0.25, 0.3) is 0 Å². The average molecular weight is 382 g/mol. The topological polar surface area (TPSA) is 54.5 Å². The molecule has 7 heteroatoms. The molecule has 0 saturated heterocycles. The molecule has 1 heterocycles. The first-order valence-corrected chi connectivity index (χ1v) is 10.7. The van der Waals surface area contributed by atoms with Gasteiger partial charge in [-0.3, -0.25) is 4.79 Å². The highest BCUT2D eigenvalue weighted by Crippen LogP contribution is 2.34. The minimum absolute atomic E-state index is 0.0208. The van der Waals surface area contributed by atoms with Gasteiger partial charge in [-0.2, -0.15) is 0 Å². The number of hydrogen-bond donors (Lipinski definition) is 0. The Morgan fingerprint density at radius 2 is 1.96 bits per heavy atom. The Balaban J connectivity index is 2.04. The molecule has 24 heavy (non-hydrogen) atoms. The predicted octanol–water partition coefficient (Wildman–Crippen LogP) is 3.89. The van der Waals surface area contributed by atoms with E-state index in [1.54, 1.807) is 22.7 Å². The van der Waals surface area contributed by atoms with Gasteiger partial charge in [0.15, 0.2) is 9.84 Å². The first kappa shape index (κ1) is 17.3. The van der Waals surface area contributed by atoms with Crippen molar-refractivity contribution in [2.75, 3.05) is 23.5 Å². The number of carbonyl (C=O) groups is 1. The van der Waals surface area contributed by atoms with E-state index in [1.165, 1.54) is 12.1 Å². The zero-order chi connectivity index (χ0) is 17.3. The Kier molecular flexibility index (Phi) is 4.90. The molecule has 2 aromatic rings. The molecule has 0 aromatic heterocycles. The Morgan fingerprint density at radius 3 is 2.71 bits per heavy atom. The number of thioether (sulfide) groups is 1. The van der Waals surface area contributed by atoms with Crippen LogP contribution >= 0.6 is 23.4 Å². The van der Waals surface area contributed by atoms with E-state index in [0.717, 1.165) is 29.0 Å². The predicted molar refractivity (Wildman–Crippen MR) is 98.0 cm³/mol. The molecule has 0 bridgehead atoms. The fraction of sp³-hybridized carbons (Fsp3) is 0.235. The molecule has 126 valence electrons. The van der Waals surface area contributed by atoms with Crippen LogP contribution in [0.15, 0.2) is 52.3 Å². The molecular weight excluding hydrogens is 366 g/mol. The van der Waals surface area contributed by atoms with Gasteiger partial charge in [0.2, 0.25) is 0 Å². The summed E-state index contributed by atoms with van der Waals surface area (Å²) in [7, 11) is -3.49. The quantitative estimate of drug-likeness (QED) is 0.792. The summed E-state index contributed by atoms with van der Waals surface area (Å²) in [4.78, 5) is 15.7. The van der Waals surface area contributed by atoms with E-state index in [4.69, 9.17) is 11.6 Å². The number of fused-ring (bicyclic) bond motifs is 1. The number of carbonyl (C=O) groups excluding carboxylic acids is 1. The lowest BCUT2D eigenvalue weighted by Crippen LogP contribution is -2.32. The molecule has 0 unspecified atom stereocenters. The van der Waals surface area contributed by atoms with Crippen molar-refractivity contribution in [2.45, 2.75) is 16.2 Å². The van der Waals surface area contributed by atoms with Gasteiger partial charge in [-0.05, 0) is 42.5 Å². The van der Waals surface area contributed by atoms with E-state index in [-0.39, 0.29) is 15.8 Å². The molecule has 4 nitrogen and oxygen atoms in total. The van der Waals surface area contributed by atoms with Gasteiger partial charge in [0.25, 0.3) is 5.91 Å². The van der Waals surface area contributed by atoms with Crippen LogP contribution in [-0.2, 0) is 9.84 Å². The van der Waals surface area contributed by atoms with E-state index >= 15 is 0 Å². The summed E-state index contributed by atoms with van der Waals surface area (Å²) in [6, 6.07) is 12.2. The second kappa shape index (κ2) is 6.78. The fourth-order valence-electron chi connectivity index (χ4n) is 2.61. The van der Waals surface area contributed by atoms with E-state index in [9.17, 15) is 13.2 Å². The van der Waals surface area contributed by atoms with Gasteiger partial charge < -0.3 is 4.90 Å². The monoisotopic (exact) mass is 381 g/mol. The second-order valence-electron chi connectivity index (χ2n) is 5.54. The molecule has 0 N–H and O–H groups in total. The Labute approximate surface area is 150 Å². The molecule has 0 atom stereocenters. The standard InChI is InChI=1S/C17H16ClNO3S2/c1-24(21,22)16-11-12(7-8-13(16)18)17(20)19-9-4-10-23-15-6-3-2-5-14(15)19/h2-3,5-8,11H,4,9-10H2,1H3. The van der Waals surface area contributed by atoms with Crippen molar-refractivity contribution in [1.82, 2.24) is 0 Å². The summed E-state index contributed by atoms with van der Waals surface area (Å²) < 4.78 is 23.7. The first-order valence-electron chi connectivity index (χ1n) is 7.41. The van der Waals surface area contributed by atoms with Gasteiger partial charge >= 0.3 is 0 Å². The number of amides is 1. The molecule has 1 aliphatic rings. The van der Waals surface area contributed by atoms with Gasteiger partial charge in [0.05, 0.1) is 15.6 Å². The highest BCUT2D eigenvalue weighted by Gasteiger charge is 2.24. The van der Waals surface area contributed by atoms with Crippen molar-refractivity contribution in [3.05, 3.63) is 53.1 Å². The van der Waals surface area contributed by atoms with Crippen molar-refractivity contribution in [2.24, 2.45) is 0 Å². The molecule has 0 saturated carbocycles. The number of sulfone groups is 1. The number of halogens is 1. The maximum atomic E-state index is 13.0. The lowest BCUT2D eigenvalue weighted by Gasteiger charge is -2.23. The summed E-state index contributed by atoms with van der Waals surface area (Å²) in [5, 5.41) is 0.126. The first-order chi connectivity index (χ1) is 11.4. The van der Waals surface area contributed by atoms with Crippen LogP contribution in [-0.4, -0.2) is 32.9 Å². The zero-order valence-corrected chi connectivity index (χ0v) is 15.4. The van der Waals surface area contributed by atoms with E-state index in [2.05, 4.69) is 0 Å². The van der Waals surface area contributed by atoms with Gasteiger partial charge in [0, 0.05) is 23.3 Å². The summed E-state index contributed by atoms with van der Waals surface area (Å²) in [6.07, 6.45) is 1.96. The van der Waals surface area contributed by atoms with E-state index in [1.807, 2.05) is 24.3 Å². The van der Waals surface area contributed by atoms with Crippen LogP contribution < -0.4 is 4.90 Å². The Bertz CT molecular complexity index is 896. The number of benzene rings is 2. The number of nitrogens with zero attached hydrogens (tertiary/aromatic N) is 1. The largest absolute Gasteiger partial charge is 0.307 e. The maximum absolute atomic E-state index is 13.0. The van der Waals surface area contributed by atoms with E-state index in [0.29, 0.717) is 12.1 Å². The van der Waals surface area contributed by atoms with Crippen LogP contribution in [0.1, 0.15) is 16.8 Å². The number of anilines is 1. The van der Waals surface area contributed by atoms with Crippen LogP contribution in [0.4, 0.5) is 5.69 Å². The van der Waals surface area contributed by atoms with Crippen LogP contribution in [0.5, 0.6) is 0 Å². The number of hydrogen-bond acceptors (Lipinski definition) is 4. The van der Waals surface area contributed by atoms with Gasteiger partial charge in [-0.15, -0.1) is 11.8 Å². The molecule has 2 aromatic carbocycles. The van der Waals surface area contributed by atoms with E-state index < -0.39 is 9.84 Å². The molecule has 1 amide bonds. The second-order valence-corrected chi connectivity index (χ2v) is 9.07. The normalized spacial score (nSPS) is 14.8. The smallest absolute Gasteiger partial charge is 0.258 e. The third-order valence-electron chi connectivity index (χ3n) is 3.76. The summed E-state index contributed by atoms with van der Waals surface area (Å²) in [5.41, 5.74) is 1.18. The van der Waals surface area contributed by atoms with Crippen molar-refractivity contribution < 1.29 is 13.2 Å². The molecule has 1 aliphatic heterocycles. The van der Waals surface area contributed by atoms with Gasteiger partial charge in [0.1, 0.15) is 0 Å². The fourth-order valence-corrected chi connectivity index (χ4v) is 4.91. The SMILES string of the molecule is CS(=O)(=O)c1cc(C(=O)N2CCCSc3ccccc32)ccc1Cl. The highest BCUT2D eigenvalue weighted by molar-refractivity contribution is 7.99. The Hall–Kier alpha value is -1.50. The molecular formula is C17H16ClNO3S2. The minimum Gasteiger partial charge on any atom is -0.307 e. The van der Waals surface area contributed by atoms with Crippen LogP contribution in [0, 0.1) is 0 Å². The number of rotatable bonds is 2. The molecule has 0 fully saturated rings. The number of para-hydroxylation sites is 1. The molecule has 0 aliphatic carbocycles. The third kappa shape index (κ3) is 3.45. The lowest BCUT2D eigenvalue weighted by atomic mass is 10.1. The highest BCUT2D eigenvalue weighted by atomic mass is 35.5. The maximum Gasteiger partial charge on any atom is 0.258 e.